The molecule has 2 unspecified atom stereocenters. The van der Waals surface area contributed by atoms with Gasteiger partial charge in [0.15, 0.2) is 58.6 Å². The van der Waals surface area contributed by atoms with E-state index in [9.17, 15) is 0 Å². The molecule has 0 aromatic carbocycles. The van der Waals surface area contributed by atoms with Crippen molar-refractivity contribution in [3.05, 3.63) is 0 Å². The molecule has 0 saturated carbocycles. The predicted octanol–water partition coefficient (Wildman–Crippen LogP) is 4.70. The lowest BCUT2D eigenvalue weighted by Gasteiger charge is -2.31. The minimum atomic E-state index is -0.635. The van der Waals surface area contributed by atoms with E-state index >= 15 is 0 Å². The monoisotopic (exact) mass is 762 g/mol. The lowest BCUT2D eigenvalue weighted by Crippen LogP contribution is -2.38. The molecule has 0 bridgehead atoms. The molecule has 0 aliphatic rings. The normalized spacial score (nSPS) is 17.7. The lowest BCUT2D eigenvalue weighted by molar-refractivity contribution is 0.288. The fourth-order valence-corrected chi connectivity index (χ4v) is 19.9. The second-order valence-electron chi connectivity index (χ2n) is 12.8. The Kier molecular flexibility index (Phi) is 33.3. The molecule has 6 nitrogen and oxygen atoms in total. The van der Waals surface area contributed by atoms with Crippen molar-refractivity contribution < 1.29 is 26.6 Å². The molecule has 0 amide bonds. The van der Waals surface area contributed by atoms with E-state index < -0.39 is 58.6 Å². The number of rotatable bonds is 35. The molecule has 266 valence electrons. The van der Waals surface area contributed by atoms with E-state index in [1.165, 1.54) is 64.2 Å². The van der Waals surface area contributed by atoms with Crippen molar-refractivity contribution in [2.75, 3.05) is 39.6 Å². The van der Waals surface area contributed by atoms with Crippen LogP contribution in [-0.4, -0.2) is 109 Å². The second-order valence-corrected chi connectivity index (χ2v) is 35.2. The van der Waals surface area contributed by atoms with Crippen molar-refractivity contribution in [3.8, 4) is 0 Å². The first-order valence-electron chi connectivity index (χ1n) is 18.1. The maximum absolute atomic E-state index is 6.48. The highest BCUT2D eigenvalue weighted by Gasteiger charge is 2.33. The quantitative estimate of drug-likeness (QED) is 0.0524. The van der Waals surface area contributed by atoms with Gasteiger partial charge in [-0.3, -0.25) is 0 Å². The Balaban J connectivity index is 4.46. The third-order valence-electron chi connectivity index (χ3n) is 8.24. The number of hydrogen-bond donors (Lipinski definition) is 0. The van der Waals surface area contributed by atoms with Crippen molar-refractivity contribution in [2.24, 2.45) is 0 Å². The summed E-state index contributed by atoms with van der Waals surface area (Å²) in [6, 6.07) is 0. The van der Waals surface area contributed by atoms with E-state index in [2.05, 4.69) is 55.4 Å². The number of unbranched alkanes of at least 4 members (excludes halogenated alkanes) is 4. The minimum Gasteiger partial charge on any atom is -0.424 e. The van der Waals surface area contributed by atoms with Crippen LogP contribution in [0.5, 0.6) is 0 Å². The van der Waals surface area contributed by atoms with Crippen molar-refractivity contribution in [3.63, 3.8) is 0 Å². The summed E-state index contributed by atoms with van der Waals surface area (Å²) in [7, 11) is 0.427. The Morgan fingerprint density at radius 3 is 0.909 bits per heavy atom. The molecule has 0 aromatic rings. The Labute approximate surface area is 296 Å². The fraction of sp³-hybridized carbons (Fsp3) is 1.00. The third-order valence-corrected chi connectivity index (χ3v) is 28.8. The van der Waals surface area contributed by atoms with E-state index in [4.69, 9.17) is 26.6 Å². The summed E-state index contributed by atoms with van der Waals surface area (Å²) in [4.78, 5) is 0. The van der Waals surface area contributed by atoms with Gasteiger partial charge in [-0.25, -0.2) is 0 Å². The van der Waals surface area contributed by atoms with E-state index in [-0.39, 0.29) is 0 Å². The van der Waals surface area contributed by atoms with Gasteiger partial charge >= 0.3 is 0 Å². The van der Waals surface area contributed by atoms with Crippen LogP contribution in [0.15, 0.2) is 0 Å². The van der Waals surface area contributed by atoms with Gasteiger partial charge in [-0.15, -0.1) is 0 Å². The van der Waals surface area contributed by atoms with E-state index in [1.54, 1.807) is 0 Å². The highest BCUT2D eigenvalue weighted by Crippen LogP contribution is 2.34. The van der Waals surface area contributed by atoms with E-state index in [0.29, 0.717) is 19.1 Å². The summed E-state index contributed by atoms with van der Waals surface area (Å²) < 4.78 is 38.8. The molecule has 0 saturated heterocycles. The van der Waals surface area contributed by atoms with Gasteiger partial charge in [-0.05, 0) is 38.5 Å². The standard InChI is InChI=1S/C30H74O6S2Si6/c1-9-15-21-31-39-29(13-5,40-32-22-16-10-2)43-35-25-19-27(7)37-38-28(8)20-26-36-44-30(14-6,41-33-23-17-11-3)42-34-24-18-12-4/h27-28H,9-26,39-44H2,1-8H3. The third kappa shape index (κ3) is 24.8. The van der Waals surface area contributed by atoms with Crippen molar-refractivity contribution in [1.82, 2.24) is 0 Å². The summed E-state index contributed by atoms with van der Waals surface area (Å²) >= 11 is 0. The Hall–Kier alpha value is 1.76. The lowest BCUT2D eigenvalue weighted by atomic mass is 10.3. The van der Waals surface area contributed by atoms with Crippen LogP contribution in [-0.2, 0) is 26.6 Å². The Morgan fingerprint density at radius 2 is 0.682 bits per heavy atom. The average molecular weight is 764 g/mol. The molecule has 0 radical (unpaired) electrons. The smallest absolute Gasteiger partial charge is 0.165 e. The highest BCUT2D eigenvalue weighted by atomic mass is 33.1. The molecule has 14 heteroatoms. The van der Waals surface area contributed by atoms with Crippen LogP contribution in [0, 0.1) is 0 Å². The van der Waals surface area contributed by atoms with Crippen LogP contribution in [0.4, 0.5) is 0 Å². The van der Waals surface area contributed by atoms with Gasteiger partial charge in [-0.1, -0.05) is 116 Å². The summed E-state index contributed by atoms with van der Waals surface area (Å²) in [5, 5.41) is 1.20. The summed E-state index contributed by atoms with van der Waals surface area (Å²) in [5.41, 5.74) is 0. The Morgan fingerprint density at radius 1 is 0.432 bits per heavy atom. The molecule has 44 heavy (non-hydrogen) atoms. The molecule has 0 aliphatic heterocycles. The highest BCUT2D eigenvalue weighted by molar-refractivity contribution is 8.77. The molecule has 2 atom stereocenters. The molecule has 0 fully saturated rings. The van der Waals surface area contributed by atoms with Crippen LogP contribution < -0.4 is 0 Å². The molecule has 0 heterocycles. The van der Waals surface area contributed by atoms with Crippen molar-refractivity contribution in [1.29, 1.82) is 0 Å². The fourth-order valence-electron chi connectivity index (χ4n) is 4.36. The van der Waals surface area contributed by atoms with Gasteiger partial charge in [0.2, 0.25) is 0 Å². The zero-order valence-corrected chi connectivity index (χ0v) is 40.5. The summed E-state index contributed by atoms with van der Waals surface area (Å²) in [5.74, 6) is 0. The molecule has 0 N–H and O–H groups in total. The largest absolute Gasteiger partial charge is 0.424 e. The van der Waals surface area contributed by atoms with Crippen LogP contribution in [0.1, 0.15) is 132 Å². The van der Waals surface area contributed by atoms with Crippen molar-refractivity contribution >= 4 is 80.2 Å². The van der Waals surface area contributed by atoms with Gasteiger partial charge in [0, 0.05) is 58.7 Å². The van der Waals surface area contributed by atoms with E-state index in [1.807, 2.05) is 21.6 Å². The maximum Gasteiger partial charge on any atom is 0.165 e. The van der Waals surface area contributed by atoms with Gasteiger partial charge in [-0.2, -0.15) is 0 Å². The van der Waals surface area contributed by atoms with Gasteiger partial charge in [0.1, 0.15) is 0 Å². The predicted molar refractivity (Wildman–Crippen MR) is 216 cm³/mol. The van der Waals surface area contributed by atoms with Crippen LogP contribution in [0.2, 0.25) is 8.57 Å². The van der Waals surface area contributed by atoms with Gasteiger partial charge < -0.3 is 26.6 Å². The minimum absolute atomic E-state index is 0.369. The zero-order valence-electron chi connectivity index (χ0n) is 30.4. The van der Waals surface area contributed by atoms with Crippen LogP contribution >= 0.6 is 21.6 Å². The van der Waals surface area contributed by atoms with Gasteiger partial charge in [0.05, 0.1) is 0 Å². The molecule has 0 spiro atoms. The van der Waals surface area contributed by atoms with E-state index in [0.717, 1.165) is 52.5 Å². The molecular formula is C30H74O6S2Si6. The Bertz CT molecular complexity index is 546. The average Bonchev–Trinajstić information content (AvgIpc) is 3.04. The molecule has 0 aromatic heterocycles. The molecule has 0 rings (SSSR count). The zero-order chi connectivity index (χ0) is 32.8. The number of hydrogen-bond acceptors (Lipinski definition) is 8. The van der Waals surface area contributed by atoms with Gasteiger partial charge in [0.25, 0.3) is 0 Å². The first kappa shape index (κ1) is 45.8. The summed E-state index contributed by atoms with van der Waals surface area (Å²) in [6.45, 7) is 23.9. The molecule has 0 aliphatic carbocycles. The first-order chi connectivity index (χ1) is 21.4. The van der Waals surface area contributed by atoms with Crippen molar-refractivity contribution in [2.45, 2.75) is 152 Å². The summed E-state index contributed by atoms with van der Waals surface area (Å²) in [6.07, 6.45) is 14.2. The molecular weight excluding hydrogens is 689 g/mol. The SMILES string of the molecule is CCCCO[SiH2]C(CC)([SiH2]OCCCC)[SiH2]OCCC(C)SSC(C)CCO[SiH2]C(CC)([SiH2]OCCCC)[SiH2]OCCCC. The van der Waals surface area contributed by atoms with Crippen LogP contribution in [0.25, 0.3) is 0 Å². The maximum atomic E-state index is 6.48. The second kappa shape index (κ2) is 32.0. The van der Waals surface area contributed by atoms with Crippen LogP contribution in [0.3, 0.4) is 0 Å². The first-order valence-corrected chi connectivity index (χ1v) is 28.1. The topological polar surface area (TPSA) is 55.4 Å².